The van der Waals surface area contributed by atoms with Gasteiger partial charge in [0, 0.05) is 22.0 Å². The SMILES string of the molecule is N#Cc1ccc(Nc2cncc(C(=O)Nc3cccc(Br)c3)c2)cc1. The number of nitrogens with one attached hydrogen (secondary N) is 2. The standard InChI is InChI=1S/C19H13BrN4O/c20-15-2-1-3-17(9-15)24-19(25)14-8-18(12-22-11-14)23-16-6-4-13(10-21)5-7-16/h1-9,11-12,23H,(H,24,25). The van der Waals surface area contributed by atoms with Crippen LogP contribution in [0.4, 0.5) is 17.1 Å². The number of pyridine rings is 1. The van der Waals surface area contributed by atoms with Crippen molar-refractivity contribution in [3.63, 3.8) is 0 Å². The molecule has 0 saturated carbocycles. The fourth-order valence-corrected chi connectivity index (χ4v) is 2.60. The number of nitrogens with zero attached hydrogens (tertiary/aromatic N) is 2. The van der Waals surface area contributed by atoms with E-state index in [0.29, 0.717) is 22.5 Å². The number of rotatable bonds is 4. The van der Waals surface area contributed by atoms with Crippen LogP contribution in [-0.2, 0) is 0 Å². The minimum Gasteiger partial charge on any atom is -0.354 e. The third-order valence-corrected chi connectivity index (χ3v) is 3.88. The molecule has 25 heavy (non-hydrogen) atoms. The number of nitriles is 1. The average molecular weight is 393 g/mol. The highest BCUT2D eigenvalue weighted by Crippen LogP contribution is 2.19. The van der Waals surface area contributed by atoms with Gasteiger partial charge in [-0.3, -0.25) is 9.78 Å². The van der Waals surface area contributed by atoms with Crippen LogP contribution in [0.1, 0.15) is 15.9 Å². The Morgan fingerprint density at radius 1 is 1.00 bits per heavy atom. The molecule has 5 nitrogen and oxygen atoms in total. The topological polar surface area (TPSA) is 77.8 Å². The summed E-state index contributed by atoms with van der Waals surface area (Å²) < 4.78 is 0.889. The van der Waals surface area contributed by atoms with Crippen molar-refractivity contribution in [2.24, 2.45) is 0 Å². The Labute approximate surface area is 153 Å². The van der Waals surface area contributed by atoms with Crippen LogP contribution in [0.3, 0.4) is 0 Å². The monoisotopic (exact) mass is 392 g/mol. The number of benzene rings is 2. The van der Waals surface area contributed by atoms with Gasteiger partial charge in [-0.2, -0.15) is 5.26 Å². The smallest absolute Gasteiger partial charge is 0.257 e. The lowest BCUT2D eigenvalue weighted by atomic mass is 10.2. The number of anilines is 3. The molecule has 0 spiro atoms. The lowest BCUT2D eigenvalue weighted by Crippen LogP contribution is -2.12. The molecule has 6 heteroatoms. The fourth-order valence-electron chi connectivity index (χ4n) is 2.20. The lowest BCUT2D eigenvalue weighted by Gasteiger charge is -2.09. The average Bonchev–Trinajstić information content (AvgIpc) is 2.62. The Morgan fingerprint density at radius 3 is 2.52 bits per heavy atom. The van der Waals surface area contributed by atoms with Crippen LogP contribution in [-0.4, -0.2) is 10.9 Å². The Kier molecular flexibility index (Phi) is 5.07. The molecule has 2 N–H and O–H groups in total. The highest BCUT2D eigenvalue weighted by atomic mass is 79.9. The normalized spacial score (nSPS) is 9.92. The highest BCUT2D eigenvalue weighted by molar-refractivity contribution is 9.10. The Morgan fingerprint density at radius 2 is 1.80 bits per heavy atom. The minimum absolute atomic E-state index is 0.242. The van der Waals surface area contributed by atoms with Crippen LogP contribution in [0.15, 0.2) is 71.5 Å². The molecule has 0 aliphatic carbocycles. The van der Waals surface area contributed by atoms with Gasteiger partial charge in [-0.25, -0.2) is 0 Å². The van der Waals surface area contributed by atoms with Crippen molar-refractivity contribution in [3.05, 3.63) is 82.6 Å². The molecule has 0 fully saturated rings. The van der Waals surface area contributed by atoms with E-state index >= 15 is 0 Å². The summed E-state index contributed by atoms with van der Waals surface area (Å²) in [5.41, 5.74) is 3.23. The van der Waals surface area contributed by atoms with Crippen molar-refractivity contribution in [3.8, 4) is 6.07 Å². The maximum Gasteiger partial charge on any atom is 0.257 e. The van der Waals surface area contributed by atoms with Gasteiger partial charge >= 0.3 is 0 Å². The van der Waals surface area contributed by atoms with E-state index in [1.165, 1.54) is 6.20 Å². The van der Waals surface area contributed by atoms with Gasteiger partial charge in [0.25, 0.3) is 5.91 Å². The zero-order valence-corrected chi connectivity index (χ0v) is 14.6. The summed E-state index contributed by atoms with van der Waals surface area (Å²) in [6.07, 6.45) is 3.14. The fraction of sp³-hybridized carbons (Fsp3) is 0. The van der Waals surface area contributed by atoms with Crippen LogP contribution < -0.4 is 10.6 Å². The molecule has 1 heterocycles. The van der Waals surface area contributed by atoms with Crippen molar-refractivity contribution in [1.29, 1.82) is 5.26 Å². The first-order valence-corrected chi connectivity index (χ1v) is 8.22. The van der Waals surface area contributed by atoms with Crippen LogP contribution in [0.25, 0.3) is 0 Å². The van der Waals surface area contributed by atoms with Crippen molar-refractivity contribution in [1.82, 2.24) is 4.98 Å². The van der Waals surface area contributed by atoms with Gasteiger partial charge in [-0.1, -0.05) is 22.0 Å². The van der Waals surface area contributed by atoms with E-state index in [9.17, 15) is 4.79 Å². The minimum atomic E-state index is -0.242. The lowest BCUT2D eigenvalue weighted by molar-refractivity contribution is 0.102. The van der Waals surface area contributed by atoms with Crippen molar-refractivity contribution < 1.29 is 4.79 Å². The van der Waals surface area contributed by atoms with Gasteiger partial charge in [0.05, 0.1) is 29.1 Å². The summed E-state index contributed by atoms with van der Waals surface area (Å²) in [5.74, 6) is -0.242. The van der Waals surface area contributed by atoms with Crippen LogP contribution >= 0.6 is 15.9 Å². The number of amides is 1. The zero-order valence-electron chi connectivity index (χ0n) is 13.0. The van der Waals surface area contributed by atoms with E-state index < -0.39 is 0 Å². The molecular weight excluding hydrogens is 380 g/mol. The molecule has 0 aliphatic heterocycles. The summed E-state index contributed by atoms with van der Waals surface area (Å²) in [7, 11) is 0. The summed E-state index contributed by atoms with van der Waals surface area (Å²) in [4.78, 5) is 16.5. The molecule has 0 atom stereocenters. The molecule has 1 aromatic heterocycles. The van der Waals surface area contributed by atoms with Crippen LogP contribution in [0, 0.1) is 11.3 Å². The molecule has 1 amide bonds. The van der Waals surface area contributed by atoms with Gasteiger partial charge in [0.1, 0.15) is 0 Å². The second-order valence-electron chi connectivity index (χ2n) is 5.24. The first-order chi connectivity index (χ1) is 12.1. The molecule has 0 radical (unpaired) electrons. The Bertz CT molecular complexity index is 948. The molecule has 122 valence electrons. The van der Waals surface area contributed by atoms with Gasteiger partial charge in [-0.05, 0) is 48.5 Å². The van der Waals surface area contributed by atoms with E-state index in [1.807, 2.05) is 24.3 Å². The van der Waals surface area contributed by atoms with E-state index in [4.69, 9.17) is 5.26 Å². The first kappa shape index (κ1) is 16.7. The number of halogens is 1. The molecule has 3 aromatic rings. The number of aromatic nitrogens is 1. The first-order valence-electron chi connectivity index (χ1n) is 7.43. The number of carbonyl (C=O) groups excluding carboxylic acids is 1. The maximum atomic E-state index is 12.4. The third kappa shape index (κ3) is 4.43. The molecule has 0 bridgehead atoms. The Balaban J connectivity index is 1.74. The van der Waals surface area contributed by atoms with Gasteiger partial charge < -0.3 is 10.6 Å². The number of hydrogen-bond acceptors (Lipinski definition) is 4. The van der Waals surface area contributed by atoms with Crippen LogP contribution in [0.2, 0.25) is 0 Å². The molecular formula is C19H13BrN4O. The van der Waals surface area contributed by atoms with E-state index in [2.05, 4.69) is 37.6 Å². The largest absolute Gasteiger partial charge is 0.354 e. The summed E-state index contributed by atoms with van der Waals surface area (Å²) in [6.45, 7) is 0. The highest BCUT2D eigenvalue weighted by Gasteiger charge is 2.08. The van der Waals surface area contributed by atoms with Gasteiger partial charge in [0.2, 0.25) is 0 Å². The summed E-state index contributed by atoms with van der Waals surface area (Å²) in [6, 6.07) is 18.2. The number of carbonyl (C=O) groups is 1. The molecule has 0 aliphatic rings. The van der Waals surface area contributed by atoms with Crippen molar-refractivity contribution >= 4 is 38.9 Å². The molecule has 0 unspecified atom stereocenters. The van der Waals surface area contributed by atoms with Gasteiger partial charge in [-0.15, -0.1) is 0 Å². The molecule has 3 rings (SSSR count). The summed E-state index contributed by atoms with van der Waals surface area (Å²) >= 11 is 3.37. The van der Waals surface area contributed by atoms with E-state index in [0.717, 1.165) is 10.2 Å². The van der Waals surface area contributed by atoms with Crippen molar-refractivity contribution in [2.75, 3.05) is 10.6 Å². The predicted molar refractivity (Wildman–Crippen MR) is 101 cm³/mol. The van der Waals surface area contributed by atoms with Gasteiger partial charge in [0.15, 0.2) is 0 Å². The van der Waals surface area contributed by atoms with E-state index in [-0.39, 0.29) is 5.91 Å². The molecule has 0 saturated heterocycles. The van der Waals surface area contributed by atoms with Crippen molar-refractivity contribution in [2.45, 2.75) is 0 Å². The maximum absolute atomic E-state index is 12.4. The molecule has 2 aromatic carbocycles. The quantitative estimate of drug-likeness (QED) is 0.673. The second-order valence-corrected chi connectivity index (χ2v) is 6.16. The third-order valence-electron chi connectivity index (χ3n) is 3.39. The van der Waals surface area contributed by atoms with E-state index in [1.54, 1.807) is 36.5 Å². The predicted octanol–water partition coefficient (Wildman–Crippen LogP) is 4.71. The zero-order chi connectivity index (χ0) is 17.6. The number of hydrogen-bond donors (Lipinski definition) is 2. The summed E-state index contributed by atoms with van der Waals surface area (Å²) in [5, 5.41) is 14.8. The Hall–Kier alpha value is -3.17. The van der Waals surface area contributed by atoms with Crippen LogP contribution in [0.5, 0.6) is 0 Å². The second kappa shape index (κ2) is 7.60.